The van der Waals surface area contributed by atoms with E-state index in [9.17, 15) is 19.5 Å². The Balaban J connectivity index is 1.96. The van der Waals surface area contributed by atoms with Crippen LogP contribution in [0.4, 0.5) is 10.5 Å². The van der Waals surface area contributed by atoms with E-state index in [0.29, 0.717) is 39.6 Å². The van der Waals surface area contributed by atoms with Gasteiger partial charge in [-0.05, 0) is 59.3 Å². The molecule has 2 aromatic rings. The number of rotatable bonds is 9. The Bertz CT molecular complexity index is 1020. The normalized spacial score (nSPS) is 14.0. The lowest BCUT2D eigenvalue weighted by atomic mass is 9.89. The van der Waals surface area contributed by atoms with Gasteiger partial charge in [0.1, 0.15) is 0 Å². The standard InChI is InChI=1S/C23H27BrN2O6S/c1-2-25-23(31)26(12-14-7-4-3-5-8-14)16-10-6-9-15(11-16)20-18(24)19(32-13-17(27)28)21(33-20)22(29)30/h6,9-11,14H,2-5,7-8,12-13H2,1H3,(H,25,31)(H,27,28)(H,29,30). The van der Waals surface area contributed by atoms with E-state index in [1.165, 1.54) is 19.3 Å². The molecule has 1 aliphatic carbocycles. The molecule has 10 heteroatoms. The summed E-state index contributed by atoms with van der Waals surface area (Å²) in [4.78, 5) is 37.8. The van der Waals surface area contributed by atoms with Crippen LogP contribution in [0.25, 0.3) is 10.4 Å². The van der Waals surface area contributed by atoms with Crippen LogP contribution in [0.1, 0.15) is 48.7 Å². The molecule has 0 bridgehead atoms. The third-order valence-corrected chi connectivity index (χ3v) is 7.73. The molecule has 1 heterocycles. The summed E-state index contributed by atoms with van der Waals surface area (Å²) < 4.78 is 5.62. The molecular weight excluding hydrogens is 512 g/mol. The van der Waals surface area contributed by atoms with Crippen LogP contribution >= 0.6 is 27.3 Å². The fourth-order valence-electron chi connectivity index (χ4n) is 3.98. The van der Waals surface area contributed by atoms with Crippen LogP contribution in [0.15, 0.2) is 28.7 Å². The van der Waals surface area contributed by atoms with E-state index in [2.05, 4.69) is 21.2 Å². The van der Waals surface area contributed by atoms with Crippen molar-refractivity contribution < 1.29 is 29.3 Å². The first-order valence-corrected chi connectivity index (χ1v) is 12.5. The number of nitrogens with zero attached hydrogens (tertiary/aromatic N) is 1. The molecule has 0 atom stereocenters. The Hall–Kier alpha value is -2.59. The number of hydrogen-bond acceptors (Lipinski definition) is 5. The highest BCUT2D eigenvalue weighted by atomic mass is 79.9. The summed E-state index contributed by atoms with van der Waals surface area (Å²) in [7, 11) is 0. The zero-order valence-electron chi connectivity index (χ0n) is 18.3. The first-order chi connectivity index (χ1) is 15.8. The largest absolute Gasteiger partial charge is 0.479 e. The van der Waals surface area contributed by atoms with Crippen LogP contribution in [0, 0.1) is 5.92 Å². The van der Waals surface area contributed by atoms with Gasteiger partial charge in [0, 0.05) is 18.8 Å². The molecule has 1 aromatic heterocycles. The number of halogens is 1. The number of carbonyl (C=O) groups excluding carboxylic acids is 1. The number of carbonyl (C=O) groups is 3. The van der Waals surface area contributed by atoms with Crippen molar-refractivity contribution in [2.45, 2.75) is 39.0 Å². The Labute approximate surface area is 204 Å². The SMILES string of the molecule is CCNC(=O)N(CC1CCCCC1)c1cccc(-c2sc(C(=O)O)c(OCC(=O)O)c2Br)c1. The van der Waals surface area contributed by atoms with Crippen molar-refractivity contribution in [3.63, 3.8) is 0 Å². The predicted octanol–water partition coefficient (Wildman–Crippen LogP) is 5.46. The number of aromatic carboxylic acids is 1. The Morgan fingerprint density at radius 3 is 2.58 bits per heavy atom. The number of aliphatic carboxylic acids is 1. The van der Waals surface area contributed by atoms with Crippen LogP contribution in [0.3, 0.4) is 0 Å². The summed E-state index contributed by atoms with van der Waals surface area (Å²) in [5.74, 6) is -1.98. The van der Waals surface area contributed by atoms with E-state index in [0.717, 1.165) is 24.2 Å². The minimum Gasteiger partial charge on any atom is -0.479 e. The van der Waals surface area contributed by atoms with Gasteiger partial charge < -0.3 is 20.3 Å². The second kappa shape index (κ2) is 11.5. The van der Waals surface area contributed by atoms with E-state index >= 15 is 0 Å². The predicted molar refractivity (Wildman–Crippen MR) is 131 cm³/mol. The zero-order chi connectivity index (χ0) is 24.0. The molecule has 1 fully saturated rings. The monoisotopic (exact) mass is 538 g/mol. The molecule has 178 valence electrons. The Kier molecular flexibility index (Phi) is 8.74. The zero-order valence-corrected chi connectivity index (χ0v) is 20.7. The summed E-state index contributed by atoms with van der Waals surface area (Å²) in [5, 5.41) is 21.4. The number of anilines is 1. The highest BCUT2D eigenvalue weighted by Gasteiger charge is 2.26. The van der Waals surface area contributed by atoms with Gasteiger partial charge in [0.15, 0.2) is 17.2 Å². The smallest absolute Gasteiger partial charge is 0.349 e. The number of nitrogens with one attached hydrogen (secondary N) is 1. The van der Waals surface area contributed by atoms with E-state index in [1.54, 1.807) is 4.90 Å². The fourth-order valence-corrected chi connectivity index (χ4v) is 5.87. The van der Waals surface area contributed by atoms with Crippen LogP contribution < -0.4 is 15.0 Å². The molecule has 1 aliphatic rings. The van der Waals surface area contributed by atoms with Crippen LogP contribution in [-0.4, -0.2) is 47.9 Å². The first kappa shape index (κ1) is 25.0. The van der Waals surface area contributed by atoms with Gasteiger partial charge in [-0.25, -0.2) is 14.4 Å². The van der Waals surface area contributed by atoms with Gasteiger partial charge in [-0.1, -0.05) is 31.4 Å². The lowest BCUT2D eigenvalue weighted by molar-refractivity contribution is -0.139. The molecule has 8 nitrogen and oxygen atoms in total. The van der Waals surface area contributed by atoms with Gasteiger partial charge in [-0.15, -0.1) is 11.3 Å². The molecule has 0 aliphatic heterocycles. The summed E-state index contributed by atoms with van der Waals surface area (Å²) in [6.07, 6.45) is 5.77. The molecular formula is C23H27BrN2O6S. The van der Waals surface area contributed by atoms with E-state index in [1.807, 2.05) is 31.2 Å². The number of benzene rings is 1. The highest BCUT2D eigenvalue weighted by Crippen LogP contribution is 2.46. The van der Waals surface area contributed by atoms with Crippen LogP contribution in [-0.2, 0) is 4.79 Å². The molecule has 33 heavy (non-hydrogen) atoms. The van der Waals surface area contributed by atoms with Crippen LogP contribution in [0.2, 0.25) is 0 Å². The molecule has 0 saturated heterocycles. The lowest BCUT2D eigenvalue weighted by Gasteiger charge is -2.30. The van der Waals surface area contributed by atoms with Crippen molar-refractivity contribution in [3.8, 4) is 16.2 Å². The van der Waals surface area contributed by atoms with Gasteiger partial charge in [-0.3, -0.25) is 4.90 Å². The Morgan fingerprint density at radius 1 is 1.21 bits per heavy atom. The second-order valence-corrected chi connectivity index (χ2v) is 9.71. The summed E-state index contributed by atoms with van der Waals surface area (Å²) in [6, 6.07) is 7.19. The minimum atomic E-state index is -1.20. The third kappa shape index (κ3) is 6.26. The van der Waals surface area contributed by atoms with E-state index < -0.39 is 18.5 Å². The van der Waals surface area contributed by atoms with Crippen molar-refractivity contribution >= 4 is 50.9 Å². The average molecular weight is 539 g/mol. The number of thiophene rings is 1. The fraction of sp³-hybridized carbons (Fsp3) is 0.435. The number of carboxylic acid groups (broad SMARTS) is 2. The minimum absolute atomic E-state index is 0.0157. The van der Waals surface area contributed by atoms with Crippen molar-refractivity contribution in [3.05, 3.63) is 33.6 Å². The molecule has 0 radical (unpaired) electrons. The lowest BCUT2D eigenvalue weighted by Crippen LogP contribution is -2.43. The van der Waals surface area contributed by atoms with Crippen molar-refractivity contribution in [1.29, 1.82) is 0 Å². The first-order valence-electron chi connectivity index (χ1n) is 10.9. The number of amides is 2. The quantitative estimate of drug-likeness (QED) is 0.390. The summed E-state index contributed by atoms with van der Waals surface area (Å²) in [6.45, 7) is 2.36. The maximum absolute atomic E-state index is 12.9. The third-order valence-electron chi connectivity index (χ3n) is 5.50. The van der Waals surface area contributed by atoms with Gasteiger partial charge in [0.25, 0.3) is 0 Å². The number of hydrogen-bond donors (Lipinski definition) is 3. The molecule has 0 unspecified atom stereocenters. The number of carboxylic acids is 2. The summed E-state index contributed by atoms with van der Waals surface area (Å²) >= 11 is 4.38. The van der Waals surface area contributed by atoms with Gasteiger partial charge in [0.2, 0.25) is 0 Å². The van der Waals surface area contributed by atoms with E-state index in [-0.39, 0.29) is 16.7 Å². The van der Waals surface area contributed by atoms with Gasteiger partial charge in [-0.2, -0.15) is 0 Å². The summed E-state index contributed by atoms with van der Waals surface area (Å²) in [5.41, 5.74) is 1.42. The molecule has 1 saturated carbocycles. The molecule has 1 aromatic carbocycles. The molecule has 3 N–H and O–H groups in total. The van der Waals surface area contributed by atoms with Gasteiger partial charge in [0.05, 0.1) is 9.35 Å². The van der Waals surface area contributed by atoms with Crippen molar-refractivity contribution in [2.75, 3.05) is 24.6 Å². The molecule has 0 spiro atoms. The molecule has 3 rings (SSSR count). The van der Waals surface area contributed by atoms with E-state index in [4.69, 9.17) is 9.84 Å². The van der Waals surface area contributed by atoms with Crippen molar-refractivity contribution in [2.24, 2.45) is 5.92 Å². The maximum Gasteiger partial charge on any atom is 0.349 e. The highest BCUT2D eigenvalue weighted by molar-refractivity contribution is 9.10. The maximum atomic E-state index is 12.9. The number of urea groups is 1. The van der Waals surface area contributed by atoms with Gasteiger partial charge >= 0.3 is 18.0 Å². The van der Waals surface area contributed by atoms with Crippen LogP contribution in [0.5, 0.6) is 5.75 Å². The topological polar surface area (TPSA) is 116 Å². The van der Waals surface area contributed by atoms with Crippen molar-refractivity contribution in [1.82, 2.24) is 5.32 Å². The molecule has 2 amide bonds. The number of ether oxygens (including phenoxy) is 1. The second-order valence-electron chi connectivity index (χ2n) is 7.89. The Morgan fingerprint density at radius 2 is 1.94 bits per heavy atom. The average Bonchev–Trinajstić information content (AvgIpc) is 3.13.